The second kappa shape index (κ2) is 5.41. The van der Waals surface area contributed by atoms with Crippen LogP contribution in [0.1, 0.15) is 25.1 Å². The van der Waals surface area contributed by atoms with Crippen molar-refractivity contribution in [1.82, 2.24) is 15.1 Å². The number of halogens is 2. The first-order valence-electron chi connectivity index (χ1n) is 6.53. The Hall–Kier alpha value is -1.00. The molecule has 1 aromatic rings. The van der Waals surface area contributed by atoms with Crippen LogP contribution in [-0.4, -0.2) is 15.7 Å². The predicted molar refractivity (Wildman–Crippen MR) is 80.3 cm³/mol. The van der Waals surface area contributed by atoms with E-state index in [9.17, 15) is 4.79 Å². The molecule has 1 aliphatic carbocycles. The molecule has 1 amide bonds. The van der Waals surface area contributed by atoms with E-state index in [4.69, 9.17) is 23.2 Å². The maximum Gasteiger partial charge on any atom is 0.224 e. The van der Waals surface area contributed by atoms with Crippen LogP contribution >= 0.6 is 23.2 Å². The van der Waals surface area contributed by atoms with Crippen molar-refractivity contribution in [3.63, 3.8) is 0 Å². The Bertz CT molecular complexity index is 559. The molecule has 0 spiro atoms. The van der Waals surface area contributed by atoms with Crippen LogP contribution in [0.4, 0.5) is 0 Å². The molecule has 1 aliphatic rings. The van der Waals surface area contributed by atoms with Crippen LogP contribution in [0.2, 0.25) is 0 Å². The Morgan fingerprint density at radius 2 is 2.20 bits per heavy atom. The maximum absolute atomic E-state index is 12.3. The van der Waals surface area contributed by atoms with Crippen molar-refractivity contribution in [2.75, 3.05) is 0 Å². The molecule has 0 aliphatic heterocycles. The normalized spacial score (nSPS) is 23.3. The Labute approximate surface area is 129 Å². The van der Waals surface area contributed by atoms with Gasteiger partial charge in [0.25, 0.3) is 0 Å². The number of carbonyl (C=O) groups excluding carboxylic acids is 1. The van der Waals surface area contributed by atoms with Crippen molar-refractivity contribution >= 4 is 29.1 Å². The van der Waals surface area contributed by atoms with Crippen LogP contribution in [0.3, 0.4) is 0 Å². The number of aromatic nitrogens is 2. The number of hydrogen-bond donors (Lipinski definition) is 1. The molecular formula is C14H19Cl2N3O. The average Bonchev–Trinajstić information content (AvgIpc) is 2.71. The summed E-state index contributed by atoms with van der Waals surface area (Å²) >= 11 is 11.4. The summed E-state index contributed by atoms with van der Waals surface area (Å²) in [5, 5.41) is 7.12. The number of allylic oxidation sites excluding steroid dienone is 1. The second-order valence-electron chi connectivity index (χ2n) is 5.88. The van der Waals surface area contributed by atoms with Crippen molar-refractivity contribution < 1.29 is 4.79 Å². The van der Waals surface area contributed by atoms with E-state index in [0.29, 0.717) is 6.54 Å². The number of aryl methyl sites for hydroxylation is 1. The van der Waals surface area contributed by atoms with Gasteiger partial charge in [-0.25, -0.2) is 0 Å². The van der Waals surface area contributed by atoms with E-state index in [1.54, 1.807) is 17.0 Å². The fourth-order valence-electron chi connectivity index (χ4n) is 2.64. The van der Waals surface area contributed by atoms with E-state index in [-0.39, 0.29) is 27.6 Å². The summed E-state index contributed by atoms with van der Waals surface area (Å²) in [4.78, 5) is 12.3. The minimum absolute atomic E-state index is 0.0362. The van der Waals surface area contributed by atoms with Crippen LogP contribution in [0.5, 0.6) is 0 Å². The molecule has 20 heavy (non-hydrogen) atoms. The number of amides is 1. The smallest absolute Gasteiger partial charge is 0.224 e. The second-order valence-corrected chi connectivity index (χ2v) is 6.89. The zero-order chi connectivity index (χ0) is 15.1. The van der Waals surface area contributed by atoms with E-state index in [1.807, 2.05) is 27.8 Å². The molecule has 4 nitrogen and oxygen atoms in total. The van der Waals surface area contributed by atoms with Gasteiger partial charge in [-0.2, -0.15) is 5.10 Å². The molecule has 1 aromatic heterocycles. The minimum atomic E-state index is -0.0942. The summed E-state index contributed by atoms with van der Waals surface area (Å²) in [5.41, 5.74) is 1.99. The highest BCUT2D eigenvalue weighted by molar-refractivity contribution is 6.55. The van der Waals surface area contributed by atoms with Gasteiger partial charge >= 0.3 is 0 Å². The zero-order valence-corrected chi connectivity index (χ0v) is 13.6. The summed E-state index contributed by atoms with van der Waals surface area (Å²) in [7, 11) is 1.88. The first kappa shape index (κ1) is 15.4. The molecule has 6 heteroatoms. The van der Waals surface area contributed by atoms with Crippen molar-refractivity contribution in [2.24, 2.45) is 24.3 Å². The summed E-state index contributed by atoms with van der Waals surface area (Å²) < 4.78 is 2.02. The standard InChI is InChI=1S/C14H19Cl2N3O/c1-8-9(7-18-19(8)4)6-17-13(20)12-10(5-11(15)16)14(12,2)3/h5,7,10,12H,6H2,1-4H3,(H,17,20)/t10-,12-/m1/s1. The summed E-state index contributed by atoms with van der Waals surface area (Å²) in [6.45, 7) is 6.57. The Morgan fingerprint density at radius 3 is 2.70 bits per heavy atom. The number of carbonyl (C=O) groups is 1. The number of nitrogens with one attached hydrogen (secondary N) is 1. The third-order valence-electron chi connectivity index (χ3n) is 4.29. The van der Waals surface area contributed by atoms with Crippen LogP contribution in [0.15, 0.2) is 16.8 Å². The van der Waals surface area contributed by atoms with Gasteiger partial charge in [-0.05, 0) is 24.3 Å². The molecule has 2 atom stereocenters. The first-order chi connectivity index (χ1) is 9.25. The fourth-order valence-corrected chi connectivity index (χ4v) is 2.91. The van der Waals surface area contributed by atoms with Gasteiger partial charge in [-0.15, -0.1) is 0 Å². The van der Waals surface area contributed by atoms with Gasteiger partial charge in [-0.3, -0.25) is 9.48 Å². The van der Waals surface area contributed by atoms with Gasteiger partial charge in [0.05, 0.1) is 12.1 Å². The van der Waals surface area contributed by atoms with Gasteiger partial charge in [0.2, 0.25) is 5.91 Å². The molecule has 1 saturated carbocycles. The quantitative estimate of drug-likeness (QED) is 0.928. The lowest BCUT2D eigenvalue weighted by Crippen LogP contribution is -2.26. The minimum Gasteiger partial charge on any atom is -0.352 e. The van der Waals surface area contributed by atoms with Crippen molar-refractivity contribution in [2.45, 2.75) is 27.3 Å². The Morgan fingerprint density at radius 1 is 1.55 bits per heavy atom. The number of rotatable bonds is 4. The fraction of sp³-hybridized carbons (Fsp3) is 0.571. The van der Waals surface area contributed by atoms with Crippen molar-refractivity contribution in [3.05, 3.63) is 28.0 Å². The largest absolute Gasteiger partial charge is 0.352 e. The van der Waals surface area contributed by atoms with Gasteiger partial charge in [0.15, 0.2) is 0 Å². The van der Waals surface area contributed by atoms with Crippen LogP contribution < -0.4 is 5.32 Å². The highest BCUT2D eigenvalue weighted by Gasteiger charge is 2.60. The van der Waals surface area contributed by atoms with Crippen LogP contribution in [0.25, 0.3) is 0 Å². The monoisotopic (exact) mass is 315 g/mol. The number of nitrogens with zero attached hydrogens (tertiary/aromatic N) is 2. The van der Waals surface area contributed by atoms with Gasteiger partial charge in [0, 0.05) is 24.8 Å². The molecule has 0 bridgehead atoms. The van der Waals surface area contributed by atoms with E-state index in [0.717, 1.165) is 11.3 Å². The zero-order valence-electron chi connectivity index (χ0n) is 12.1. The van der Waals surface area contributed by atoms with Gasteiger partial charge in [0.1, 0.15) is 4.49 Å². The Balaban J connectivity index is 1.97. The van der Waals surface area contributed by atoms with E-state index < -0.39 is 0 Å². The molecule has 0 saturated heterocycles. The highest BCUT2D eigenvalue weighted by Crippen LogP contribution is 2.59. The first-order valence-corrected chi connectivity index (χ1v) is 7.28. The van der Waals surface area contributed by atoms with Crippen molar-refractivity contribution in [3.8, 4) is 0 Å². The third-order valence-corrected chi connectivity index (χ3v) is 4.54. The van der Waals surface area contributed by atoms with E-state index in [2.05, 4.69) is 10.4 Å². The van der Waals surface area contributed by atoms with Gasteiger partial charge < -0.3 is 5.32 Å². The summed E-state index contributed by atoms with van der Waals surface area (Å²) in [6, 6.07) is 0. The molecule has 0 aromatic carbocycles. The lowest BCUT2D eigenvalue weighted by atomic mass is 10.1. The lowest BCUT2D eigenvalue weighted by molar-refractivity contribution is -0.123. The summed E-state index contributed by atoms with van der Waals surface area (Å²) in [5.74, 6) is 0.0589. The molecular weight excluding hydrogens is 297 g/mol. The average molecular weight is 316 g/mol. The van der Waals surface area contributed by atoms with E-state index >= 15 is 0 Å². The molecule has 1 heterocycles. The van der Waals surface area contributed by atoms with Crippen molar-refractivity contribution in [1.29, 1.82) is 0 Å². The summed E-state index contributed by atoms with van der Waals surface area (Å²) in [6.07, 6.45) is 3.53. The molecule has 0 unspecified atom stereocenters. The molecule has 0 radical (unpaired) electrons. The molecule has 1 fully saturated rings. The van der Waals surface area contributed by atoms with E-state index in [1.165, 1.54) is 0 Å². The molecule has 2 rings (SSSR count). The topological polar surface area (TPSA) is 46.9 Å². The SMILES string of the molecule is Cc1c(CNC(=O)[C@H]2[C@@H](C=C(Cl)Cl)C2(C)C)cnn1C. The third kappa shape index (κ3) is 2.86. The number of hydrogen-bond acceptors (Lipinski definition) is 2. The lowest BCUT2D eigenvalue weighted by Gasteiger charge is -2.06. The Kier molecular flexibility index (Phi) is 4.17. The highest BCUT2D eigenvalue weighted by atomic mass is 35.5. The van der Waals surface area contributed by atoms with Gasteiger partial charge in [-0.1, -0.05) is 37.0 Å². The van der Waals surface area contributed by atoms with Crippen LogP contribution in [0, 0.1) is 24.2 Å². The molecule has 110 valence electrons. The molecule has 1 N–H and O–H groups in total. The maximum atomic E-state index is 12.3. The predicted octanol–water partition coefficient (Wildman–Crippen LogP) is 2.94. The van der Waals surface area contributed by atoms with Crippen LogP contribution in [-0.2, 0) is 18.4 Å².